The zero-order valence-corrected chi connectivity index (χ0v) is 14.4. The van der Waals surface area contributed by atoms with Gasteiger partial charge in [0.25, 0.3) is 0 Å². The molecule has 0 aromatic heterocycles. The second-order valence-electron chi connectivity index (χ2n) is 4.75. The number of ether oxygens (including phenoxy) is 1. The monoisotopic (exact) mass is 396 g/mol. The van der Waals surface area contributed by atoms with Crippen LogP contribution in [0.25, 0.3) is 0 Å². The van der Waals surface area contributed by atoms with Gasteiger partial charge in [-0.15, -0.1) is 0 Å². The highest BCUT2D eigenvalue weighted by Crippen LogP contribution is 2.35. The Kier molecular flexibility index (Phi) is 5.00. The second-order valence-corrected chi connectivity index (χ2v) is 6.52. The lowest BCUT2D eigenvalue weighted by Gasteiger charge is -2.15. The van der Waals surface area contributed by atoms with Crippen molar-refractivity contribution in [2.24, 2.45) is 0 Å². The number of carbonyl (C=O) groups excluding carboxylic acids is 1. The highest BCUT2D eigenvalue weighted by molar-refractivity contribution is 9.10. The van der Waals surface area contributed by atoms with Crippen molar-refractivity contribution in [3.63, 3.8) is 0 Å². The molecule has 2 nitrogen and oxygen atoms in total. The van der Waals surface area contributed by atoms with Crippen LogP contribution in [-0.2, 0) is 0 Å². The van der Waals surface area contributed by atoms with E-state index in [0.717, 1.165) is 26.5 Å². The van der Waals surface area contributed by atoms with Crippen molar-refractivity contribution < 1.29 is 9.53 Å². The molecule has 0 atom stereocenters. The molecule has 0 amide bonds. The van der Waals surface area contributed by atoms with Crippen molar-refractivity contribution in [3.8, 4) is 11.5 Å². The average Bonchev–Trinajstić information content (AvgIpc) is 2.42. The third-order valence-corrected chi connectivity index (χ3v) is 4.02. The van der Waals surface area contributed by atoms with E-state index in [1.165, 1.54) is 0 Å². The maximum absolute atomic E-state index is 10.7. The molecule has 2 aromatic carbocycles. The lowest BCUT2D eigenvalue weighted by molar-refractivity contribution is 0.112. The molecule has 20 heavy (non-hydrogen) atoms. The normalized spacial score (nSPS) is 10.7. The topological polar surface area (TPSA) is 26.3 Å². The smallest absolute Gasteiger partial charge is 0.150 e. The van der Waals surface area contributed by atoms with Crippen molar-refractivity contribution in [2.75, 3.05) is 0 Å². The Morgan fingerprint density at radius 2 is 1.75 bits per heavy atom. The number of rotatable bonds is 4. The van der Waals surface area contributed by atoms with Gasteiger partial charge in [0.2, 0.25) is 0 Å². The molecule has 0 radical (unpaired) electrons. The van der Waals surface area contributed by atoms with Crippen LogP contribution in [0.2, 0.25) is 0 Å². The van der Waals surface area contributed by atoms with E-state index in [2.05, 4.69) is 51.8 Å². The van der Waals surface area contributed by atoms with Gasteiger partial charge < -0.3 is 4.74 Å². The summed E-state index contributed by atoms with van der Waals surface area (Å²) in [6, 6.07) is 11.2. The summed E-state index contributed by atoms with van der Waals surface area (Å²) in [5.41, 5.74) is 1.75. The van der Waals surface area contributed by atoms with Crippen molar-refractivity contribution in [2.45, 2.75) is 19.8 Å². The summed E-state index contributed by atoms with van der Waals surface area (Å²) in [5.74, 6) is 1.87. The van der Waals surface area contributed by atoms with Crippen LogP contribution in [-0.4, -0.2) is 6.29 Å². The SMILES string of the molecule is CC(C)c1cc(Br)ccc1Oc1ccc(C=O)cc1Br. The fourth-order valence-electron chi connectivity index (χ4n) is 1.86. The summed E-state index contributed by atoms with van der Waals surface area (Å²) >= 11 is 6.91. The summed E-state index contributed by atoms with van der Waals surface area (Å²) in [5, 5.41) is 0. The summed E-state index contributed by atoms with van der Waals surface area (Å²) in [6.45, 7) is 4.25. The van der Waals surface area contributed by atoms with Crippen LogP contribution in [0, 0.1) is 0 Å². The Morgan fingerprint density at radius 1 is 1.05 bits per heavy atom. The van der Waals surface area contributed by atoms with Crippen LogP contribution < -0.4 is 4.74 Å². The number of hydrogen-bond donors (Lipinski definition) is 0. The Labute approximate surface area is 135 Å². The van der Waals surface area contributed by atoms with E-state index < -0.39 is 0 Å². The van der Waals surface area contributed by atoms with Gasteiger partial charge in [-0.1, -0.05) is 29.8 Å². The molecule has 4 heteroatoms. The molecule has 0 unspecified atom stereocenters. The minimum Gasteiger partial charge on any atom is -0.456 e. The predicted octanol–water partition coefficient (Wildman–Crippen LogP) is 5.94. The first-order valence-corrected chi connectivity index (χ1v) is 7.82. The molecule has 2 aromatic rings. The number of benzene rings is 2. The largest absolute Gasteiger partial charge is 0.456 e. The van der Waals surface area contributed by atoms with Gasteiger partial charge in [-0.3, -0.25) is 4.79 Å². The third kappa shape index (κ3) is 3.49. The van der Waals surface area contributed by atoms with Crippen LogP contribution >= 0.6 is 31.9 Å². The number of aldehydes is 1. The third-order valence-electron chi connectivity index (χ3n) is 2.91. The Balaban J connectivity index is 2.37. The Morgan fingerprint density at radius 3 is 2.35 bits per heavy atom. The van der Waals surface area contributed by atoms with E-state index in [1.807, 2.05) is 12.1 Å². The average molecular weight is 398 g/mol. The highest BCUT2D eigenvalue weighted by atomic mass is 79.9. The zero-order valence-electron chi connectivity index (χ0n) is 11.2. The molecule has 0 N–H and O–H groups in total. The molecule has 2 rings (SSSR count). The molecule has 0 aliphatic carbocycles. The first-order chi connectivity index (χ1) is 9.51. The van der Waals surface area contributed by atoms with E-state index in [0.29, 0.717) is 17.2 Å². The van der Waals surface area contributed by atoms with E-state index >= 15 is 0 Å². The molecular formula is C16H14Br2O2. The highest BCUT2D eigenvalue weighted by Gasteiger charge is 2.11. The molecule has 0 spiro atoms. The summed E-state index contributed by atoms with van der Waals surface area (Å²) in [4.78, 5) is 10.7. The first kappa shape index (κ1) is 15.3. The molecule has 0 fully saturated rings. The molecule has 0 aliphatic rings. The molecular weight excluding hydrogens is 384 g/mol. The first-order valence-electron chi connectivity index (χ1n) is 6.23. The van der Waals surface area contributed by atoms with Gasteiger partial charge in [-0.2, -0.15) is 0 Å². The van der Waals surface area contributed by atoms with Gasteiger partial charge in [0.1, 0.15) is 17.8 Å². The van der Waals surface area contributed by atoms with E-state index in [9.17, 15) is 4.79 Å². The Hall–Kier alpha value is -1.13. The van der Waals surface area contributed by atoms with Crippen LogP contribution in [0.1, 0.15) is 35.7 Å². The molecule has 0 aliphatic heterocycles. The zero-order chi connectivity index (χ0) is 14.7. The fourth-order valence-corrected chi connectivity index (χ4v) is 2.71. The summed E-state index contributed by atoms with van der Waals surface area (Å²) in [6.07, 6.45) is 0.813. The van der Waals surface area contributed by atoms with Gasteiger partial charge in [0.05, 0.1) is 4.47 Å². The summed E-state index contributed by atoms with van der Waals surface area (Å²) in [7, 11) is 0. The van der Waals surface area contributed by atoms with Gasteiger partial charge in [0.15, 0.2) is 0 Å². The van der Waals surface area contributed by atoms with Gasteiger partial charge in [-0.05, 0) is 63.8 Å². The van der Waals surface area contributed by atoms with Crippen LogP contribution in [0.3, 0.4) is 0 Å². The molecule has 0 saturated carbocycles. The minimum absolute atomic E-state index is 0.357. The van der Waals surface area contributed by atoms with Crippen LogP contribution in [0.15, 0.2) is 45.3 Å². The second kappa shape index (κ2) is 6.55. The van der Waals surface area contributed by atoms with E-state index in [1.54, 1.807) is 18.2 Å². The quantitative estimate of drug-likeness (QED) is 0.596. The maximum atomic E-state index is 10.7. The van der Waals surface area contributed by atoms with E-state index in [-0.39, 0.29) is 0 Å². The minimum atomic E-state index is 0.357. The lowest BCUT2D eigenvalue weighted by Crippen LogP contribution is -1.95. The fraction of sp³-hybridized carbons (Fsp3) is 0.188. The molecule has 0 heterocycles. The van der Waals surface area contributed by atoms with Crippen molar-refractivity contribution in [1.82, 2.24) is 0 Å². The van der Waals surface area contributed by atoms with E-state index in [4.69, 9.17) is 4.74 Å². The molecule has 0 saturated heterocycles. The number of carbonyl (C=O) groups is 1. The molecule has 0 bridgehead atoms. The van der Waals surface area contributed by atoms with Crippen molar-refractivity contribution in [1.29, 1.82) is 0 Å². The number of hydrogen-bond acceptors (Lipinski definition) is 2. The van der Waals surface area contributed by atoms with Crippen LogP contribution in [0.4, 0.5) is 0 Å². The lowest BCUT2D eigenvalue weighted by atomic mass is 10.0. The van der Waals surface area contributed by atoms with Crippen LogP contribution in [0.5, 0.6) is 11.5 Å². The van der Waals surface area contributed by atoms with Gasteiger partial charge in [-0.25, -0.2) is 0 Å². The van der Waals surface area contributed by atoms with Crippen molar-refractivity contribution in [3.05, 3.63) is 56.5 Å². The predicted molar refractivity (Wildman–Crippen MR) is 87.8 cm³/mol. The van der Waals surface area contributed by atoms with Gasteiger partial charge in [0, 0.05) is 10.0 Å². The van der Waals surface area contributed by atoms with Crippen molar-refractivity contribution >= 4 is 38.1 Å². The number of halogens is 2. The van der Waals surface area contributed by atoms with Gasteiger partial charge >= 0.3 is 0 Å². The Bertz CT molecular complexity index is 636. The standard InChI is InChI=1S/C16H14Br2O2/c1-10(2)13-8-12(17)4-6-15(13)20-16-5-3-11(9-19)7-14(16)18/h3-10H,1-2H3. The summed E-state index contributed by atoms with van der Waals surface area (Å²) < 4.78 is 7.77. The molecule has 104 valence electrons. The maximum Gasteiger partial charge on any atom is 0.150 e.